The second-order valence-corrected chi connectivity index (χ2v) is 7.21. The Hall–Kier alpha value is -1.73. The van der Waals surface area contributed by atoms with E-state index in [4.69, 9.17) is 12.2 Å². The van der Waals surface area contributed by atoms with E-state index in [1.807, 2.05) is 31.2 Å². The molecule has 0 saturated heterocycles. The van der Waals surface area contributed by atoms with Gasteiger partial charge in [-0.15, -0.1) is 0 Å². The minimum Gasteiger partial charge on any atom is -0.359 e. The monoisotopic (exact) mass is 323 g/mol. The predicted octanol–water partition coefficient (Wildman–Crippen LogP) is 2.57. The molecule has 7 heteroatoms. The van der Waals surface area contributed by atoms with Crippen LogP contribution in [-0.2, 0) is 16.9 Å². The smallest absolute Gasteiger partial charge is 0.203 e. The number of aryl methyl sites for hydroxylation is 1. The summed E-state index contributed by atoms with van der Waals surface area (Å²) < 4.78 is 26.1. The Morgan fingerprint density at radius 3 is 2.52 bits per heavy atom. The fourth-order valence-corrected chi connectivity index (χ4v) is 3.73. The molecule has 0 saturated carbocycles. The zero-order chi connectivity index (χ0) is 15.8. The third-order valence-electron chi connectivity index (χ3n) is 3.14. The van der Waals surface area contributed by atoms with Crippen molar-refractivity contribution >= 4 is 28.0 Å². The number of sulfone groups is 1. The van der Waals surface area contributed by atoms with Crippen molar-refractivity contribution in [1.82, 2.24) is 9.55 Å². The Balaban J connectivity index is 2.93. The van der Waals surface area contributed by atoms with Gasteiger partial charge in [0.15, 0.2) is 9.84 Å². The Morgan fingerprint density at radius 2 is 2.00 bits per heavy atom. The second-order valence-electron chi connectivity index (χ2n) is 4.87. The van der Waals surface area contributed by atoms with E-state index in [2.05, 4.69) is 10.3 Å². The molecule has 0 bridgehead atoms. The van der Waals surface area contributed by atoms with Crippen LogP contribution in [-0.4, -0.2) is 31.3 Å². The van der Waals surface area contributed by atoms with Gasteiger partial charge in [-0.05, 0) is 13.0 Å². The maximum absolute atomic E-state index is 12.1. The van der Waals surface area contributed by atoms with Crippen molar-refractivity contribution in [3.05, 3.63) is 34.5 Å². The lowest BCUT2D eigenvalue weighted by molar-refractivity contribution is 0.599. The minimum atomic E-state index is -3.49. The standard InChI is InChI=1S/C14H17N3O2S2/c1-9-6-5-7-10(8-9)11-12(21(4,18)19)13(20)17(3)14(15-2)16-11/h5-8H,1-4H3,(H,15,16). The Bertz CT molecular complexity index is 855. The number of nitrogens with zero attached hydrogens (tertiary/aromatic N) is 2. The van der Waals surface area contributed by atoms with Crippen LogP contribution in [0.15, 0.2) is 29.2 Å². The molecule has 0 aliphatic carbocycles. The summed E-state index contributed by atoms with van der Waals surface area (Å²) in [4.78, 5) is 4.52. The summed E-state index contributed by atoms with van der Waals surface area (Å²) in [6.07, 6.45) is 1.15. The highest BCUT2D eigenvalue weighted by Gasteiger charge is 2.21. The first kappa shape index (κ1) is 15.7. The van der Waals surface area contributed by atoms with Gasteiger partial charge in [-0.25, -0.2) is 13.4 Å². The van der Waals surface area contributed by atoms with Crippen molar-refractivity contribution in [3.8, 4) is 11.3 Å². The molecule has 0 radical (unpaired) electrons. The van der Waals surface area contributed by atoms with E-state index in [0.717, 1.165) is 17.4 Å². The van der Waals surface area contributed by atoms with E-state index in [-0.39, 0.29) is 9.54 Å². The van der Waals surface area contributed by atoms with Gasteiger partial charge in [0.05, 0.1) is 5.69 Å². The van der Waals surface area contributed by atoms with Crippen LogP contribution in [0.1, 0.15) is 5.56 Å². The zero-order valence-electron chi connectivity index (χ0n) is 12.3. The summed E-state index contributed by atoms with van der Waals surface area (Å²) in [6, 6.07) is 7.54. The molecule has 21 heavy (non-hydrogen) atoms. The Morgan fingerprint density at radius 1 is 1.33 bits per heavy atom. The van der Waals surface area contributed by atoms with Crippen molar-refractivity contribution in [2.45, 2.75) is 11.8 Å². The predicted molar refractivity (Wildman–Crippen MR) is 86.9 cm³/mol. The number of rotatable bonds is 3. The quantitative estimate of drug-likeness (QED) is 0.880. The second kappa shape index (κ2) is 5.57. The van der Waals surface area contributed by atoms with Crippen LogP contribution in [0.2, 0.25) is 0 Å². The van der Waals surface area contributed by atoms with Crippen molar-refractivity contribution in [2.24, 2.45) is 7.05 Å². The number of hydrogen-bond acceptors (Lipinski definition) is 5. The number of nitrogens with one attached hydrogen (secondary N) is 1. The van der Waals surface area contributed by atoms with Gasteiger partial charge in [-0.1, -0.05) is 36.0 Å². The van der Waals surface area contributed by atoms with Gasteiger partial charge in [0.25, 0.3) is 0 Å². The highest BCUT2D eigenvalue weighted by molar-refractivity contribution is 7.91. The van der Waals surface area contributed by atoms with Crippen LogP contribution >= 0.6 is 12.2 Å². The fourth-order valence-electron chi connectivity index (χ4n) is 2.13. The van der Waals surface area contributed by atoms with E-state index in [1.54, 1.807) is 18.7 Å². The summed E-state index contributed by atoms with van der Waals surface area (Å²) >= 11 is 5.32. The highest BCUT2D eigenvalue weighted by atomic mass is 32.2. The number of aromatic nitrogens is 2. The van der Waals surface area contributed by atoms with Gasteiger partial charge in [0.1, 0.15) is 9.54 Å². The molecular formula is C14H17N3O2S2. The first-order chi connectivity index (χ1) is 9.75. The van der Waals surface area contributed by atoms with E-state index < -0.39 is 9.84 Å². The molecule has 1 N–H and O–H groups in total. The average Bonchev–Trinajstić information content (AvgIpc) is 2.40. The molecule has 1 aromatic carbocycles. The van der Waals surface area contributed by atoms with Crippen LogP contribution < -0.4 is 5.32 Å². The van der Waals surface area contributed by atoms with Crippen molar-refractivity contribution in [1.29, 1.82) is 0 Å². The van der Waals surface area contributed by atoms with Crippen LogP contribution in [0, 0.1) is 11.6 Å². The lowest BCUT2D eigenvalue weighted by Crippen LogP contribution is -2.13. The third kappa shape index (κ3) is 2.98. The molecule has 0 atom stereocenters. The number of hydrogen-bond donors (Lipinski definition) is 1. The largest absolute Gasteiger partial charge is 0.359 e. The van der Waals surface area contributed by atoms with Gasteiger partial charge in [-0.3, -0.25) is 0 Å². The highest BCUT2D eigenvalue weighted by Crippen LogP contribution is 2.28. The van der Waals surface area contributed by atoms with Crippen LogP contribution in [0.25, 0.3) is 11.3 Å². The summed E-state index contributed by atoms with van der Waals surface area (Å²) in [5.41, 5.74) is 2.14. The van der Waals surface area contributed by atoms with E-state index in [9.17, 15) is 8.42 Å². The molecule has 0 spiro atoms. The first-order valence-corrected chi connectivity index (χ1v) is 8.61. The molecule has 0 fully saturated rings. The van der Waals surface area contributed by atoms with Crippen molar-refractivity contribution in [2.75, 3.05) is 18.6 Å². The number of benzene rings is 1. The Kier molecular flexibility index (Phi) is 4.15. The van der Waals surface area contributed by atoms with E-state index >= 15 is 0 Å². The minimum absolute atomic E-state index is 0.0876. The average molecular weight is 323 g/mol. The van der Waals surface area contributed by atoms with Crippen LogP contribution in [0.5, 0.6) is 0 Å². The molecule has 0 unspecified atom stereocenters. The maximum Gasteiger partial charge on any atom is 0.203 e. The maximum atomic E-state index is 12.1. The molecule has 2 rings (SSSR count). The van der Waals surface area contributed by atoms with Crippen molar-refractivity contribution < 1.29 is 8.42 Å². The fraction of sp³-hybridized carbons (Fsp3) is 0.286. The molecule has 112 valence electrons. The van der Waals surface area contributed by atoms with Gasteiger partial charge < -0.3 is 9.88 Å². The topological polar surface area (TPSA) is 64.0 Å². The molecule has 0 aliphatic heterocycles. The SMILES string of the molecule is CNc1nc(-c2cccc(C)c2)c(S(C)(=O)=O)c(=S)n1C. The summed E-state index contributed by atoms with van der Waals surface area (Å²) in [7, 11) is -0.0781. The molecule has 0 aliphatic rings. The van der Waals surface area contributed by atoms with E-state index in [1.165, 1.54) is 0 Å². The van der Waals surface area contributed by atoms with Gasteiger partial charge in [-0.2, -0.15) is 0 Å². The van der Waals surface area contributed by atoms with Gasteiger partial charge >= 0.3 is 0 Å². The van der Waals surface area contributed by atoms with Crippen molar-refractivity contribution in [3.63, 3.8) is 0 Å². The first-order valence-electron chi connectivity index (χ1n) is 6.31. The molecule has 5 nitrogen and oxygen atoms in total. The summed E-state index contributed by atoms with van der Waals surface area (Å²) in [6.45, 7) is 1.94. The molecule has 0 amide bonds. The summed E-state index contributed by atoms with van der Waals surface area (Å²) in [5, 5.41) is 2.93. The van der Waals surface area contributed by atoms with Gasteiger partial charge in [0, 0.05) is 25.9 Å². The lowest BCUT2D eigenvalue weighted by atomic mass is 10.1. The van der Waals surface area contributed by atoms with E-state index in [0.29, 0.717) is 11.6 Å². The molecular weight excluding hydrogens is 306 g/mol. The Labute approximate surface area is 129 Å². The van der Waals surface area contributed by atoms with Gasteiger partial charge in [0.2, 0.25) is 5.95 Å². The molecule has 2 aromatic rings. The normalized spacial score (nSPS) is 11.4. The lowest BCUT2D eigenvalue weighted by Gasteiger charge is -2.14. The third-order valence-corrected chi connectivity index (χ3v) is 4.87. The summed E-state index contributed by atoms with van der Waals surface area (Å²) in [5.74, 6) is 0.518. The molecule has 1 heterocycles. The van der Waals surface area contributed by atoms with Crippen LogP contribution in [0.4, 0.5) is 5.95 Å². The molecule has 1 aromatic heterocycles. The zero-order valence-corrected chi connectivity index (χ0v) is 14.0. The van der Waals surface area contributed by atoms with Crippen LogP contribution in [0.3, 0.4) is 0 Å². The number of anilines is 1.